The maximum atomic E-state index is 12.1. The van der Waals surface area contributed by atoms with Gasteiger partial charge >= 0.3 is 0 Å². The van der Waals surface area contributed by atoms with Crippen LogP contribution in [0.15, 0.2) is 66.7 Å². The molecule has 0 unspecified atom stereocenters. The second kappa shape index (κ2) is 7.10. The van der Waals surface area contributed by atoms with Crippen molar-refractivity contribution in [1.29, 1.82) is 0 Å². The molecule has 3 rings (SSSR count). The van der Waals surface area contributed by atoms with E-state index in [1.807, 2.05) is 36.4 Å². The summed E-state index contributed by atoms with van der Waals surface area (Å²) in [5.74, 6) is -0.113. The Morgan fingerprint density at radius 2 is 1.73 bits per heavy atom. The number of aromatic nitrogens is 1. The Balaban J connectivity index is 0.00000176. The molecule has 0 aliphatic carbocycles. The fourth-order valence-corrected chi connectivity index (χ4v) is 2.09. The number of rotatable bonds is 3. The Bertz CT molecular complexity index is 829. The Hall–Kier alpha value is -2.32. The molecular formula is C18H13NO2Zn. The van der Waals surface area contributed by atoms with E-state index < -0.39 is 0 Å². The molecule has 22 heavy (non-hydrogen) atoms. The largest absolute Gasteiger partial charge is 0.506 e. The number of nitrogens with zero attached hydrogens (tertiary/aromatic N) is 1. The third-order valence-corrected chi connectivity index (χ3v) is 3.18. The van der Waals surface area contributed by atoms with E-state index in [-0.39, 0.29) is 31.0 Å². The fraction of sp³-hybridized carbons (Fsp3) is 0. The van der Waals surface area contributed by atoms with Crippen LogP contribution in [-0.4, -0.2) is 15.9 Å². The molecular weight excluding hydrogens is 328 g/mol. The smallest absolute Gasteiger partial charge is 0.204 e. The predicted octanol–water partition coefficient (Wildman–Crippen LogP) is 3.83. The molecule has 0 spiro atoms. The van der Waals surface area contributed by atoms with E-state index in [9.17, 15) is 9.90 Å². The number of aromatic hydroxyl groups is 1. The van der Waals surface area contributed by atoms with Gasteiger partial charge in [0.25, 0.3) is 0 Å². The average molecular weight is 341 g/mol. The van der Waals surface area contributed by atoms with E-state index in [2.05, 4.69) is 4.98 Å². The molecule has 0 amide bonds. The van der Waals surface area contributed by atoms with Crippen LogP contribution in [0.5, 0.6) is 5.75 Å². The van der Waals surface area contributed by atoms with Gasteiger partial charge in [0.1, 0.15) is 17.0 Å². The molecule has 0 bridgehead atoms. The quantitative estimate of drug-likeness (QED) is 0.448. The number of pyridine rings is 1. The first-order chi connectivity index (χ1) is 10.2. The number of para-hydroxylation sites is 1. The van der Waals surface area contributed by atoms with E-state index in [0.29, 0.717) is 11.2 Å². The average Bonchev–Trinajstić information content (AvgIpc) is 2.54. The van der Waals surface area contributed by atoms with Crippen LogP contribution >= 0.6 is 0 Å². The first kappa shape index (κ1) is 16.1. The molecule has 0 saturated heterocycles. The molecule has 0 radical (unpaired) electrons. The number of carbonyl (C=O) groups is 1. The van der Waals surface area contributed by atoms with E-state index >= 15 is 0 Å². The normalized spacial score (nSPS) is 10.5. The minimum absolute atomic E-state index is 0. The number of benzene rings is 2. The van der Waals surface area contributed by atoms with Crippen LogP contribution in [-0.2, 0) is 19.5 Å². The minimum Gasteiger partial charge on any atom is -0.506 e. The number of carbonyl (C=O) groups excluding carboxylic acids is 1. The molecule has 4 heteroatoms. The Morgan fingerprint density at radius 1 is 0.955 bits per heavy atom. The molecule has 3 nitrogen and oxygen atoms in total. The number of hydrogen-bond donors (Lipinski definition) is 1. The van der Waals surface area contributed by atoms with Crippen molar-refractivity contribution in [3.8, 4) is 5.75 Å². The van der Waals surface area contributed by atoms with Gasteiger partial charge in [-0.05, 0) is 23.8 Å². The molecule has 104 valence electrons. The topological polar surface area (TPSA) is 50.2 Å². The van der Waals surface area contributed by atoms with E-state index in [0.717, 1.165) is 10.9 Å². The van der Waals surface area contributed by atoms with Crippen molar-refractivity contribution in [2.45, 2.75) is 0 Å². The summed E-state index contributed by atoms with van der Waals surface area (Å²) in [5.41, 5.74) is 1.71. The third kappa shape index (κ3) is 3.47. The molecule has 0 fully saturated rings. The summed E-state index contributed by atoms with van der Waals surface area (Å²) in [7, 11) is 0. The molecule has 0 saturated carbocycles. The van der Waals surface area contributed by atoms with Crippen LogP contribution in [0.4, 0.5) is 0 Å². The van der Waals surface area contributed by atoms with Gasteiger partial charge in [0.2, 0.25) is 5.78 Å². The summed E-state index contributed by atoms with van der Waals surface area (Å²) >= 11 is 0. The van der Waals surface area contributed by atoms with Crippen molar-refractivity contribution in [3.63, 3.8) is 0 Å². The first-order valence-electron chi connectivity index (χ1n) is 6.60. The summed E-state index contributed by atoms with van der Waals surface area (Å²) in [6.45, 7) is 0. The van der Waals surface area contributed by atoms with E-state index in [1.165, 1.54) is 6.08 Å². The molecule has 1 N–H and O–H groups in total. The monoisotopic (exact) mass is 339 g/mol. The summed E-state index contributed by atoms with van der Waals surface area (Å²) in [6, 6.07) is 18.2. The molecule has 1 heterocycles. The molecule has 0 aliphatic rings. The van der Waals surface area contributed by atoms with Crippen LogP contribution in [0.2, 0.25) is 0 Å². The number of fused-ring (bicyclic) bond motifs is 1. The van der Waals surface area contributed by atoms with Crippen molar-refractivity contribution in [1.82, 2.24) is 4.98 Å². The SMILES string of the molecule is O=C(C=Cc1ccccc1)c1ccc2cccc(O)c2n1.[Zn]. The summed E-state index contributed by atoms with van der Waals surface area (Å²) in [4.78, 5) is 16.4. The third-order valence-electron chi connectivity index (χ3n) is 3.18. The maximum Gasteiger partial charge on any atom is 0.204 e. The zero-order valence-electron chi connectivity index (χ0n) is 11.9. The van der Waals surface area contributed by atoms with Crippen LogP contribution in [0.25, 0.3) is 17.0 Å². The number of phenolic OH excluding ortho intramolecular Hbond substituents is 1. The van der Waals surface area contributed by atoms with Gasteiger partial charge in [-0.2, -0.15) is 0 Å². The van der Waals surface area contributed by atoms with Gasteiger partial charge in [0.15, 0.2) is 0 Å². The van der Waals surface area contributed by atoms with Crippen LogP contribution < -0.4 is 0 Å². The standard InChI is InChI=1S/C18H13NO2.Zn/c20-16(12-9-13-5-2-1-3-6-13)15-11-10-14-7-4-8-17(21)18(14)19-15;/h1-12,21H;. The van der Waals surface area contributed by atoms with Gasteiger partial charge in [0, 0.05) is 24.9 Å². The van der Waals surface area contributed by atoms with Gasteiger partial charge < -0.3 is 5.11 Å². The molecule has 1 aromatic heterocycles. The van der Waals surface area contributed by atoms with Crippen LogP contribution in [0.1, 0.15) is 16.1 Å². The molecule has 0 atom stereocenters. The van der Waals surface area contributed by atoms with Crippen molar-refractivity contribution < 1.29 is 29.4 Å². The summed E-state index contributed by atoms with van der Waals surface area (Å²) in [5, 5.41) is 10.6. The van der Waals surface area contributed by atoms with Gasteiger partial charge in [0.05, 0.1) is 0 Å². The zero-order valence-corrected chi connectivity index (χ0v) is 14.9. The predicted molar refractivity (Wildman–Crippen MR) is 83.2 cm³/mol. The van der Waals surface area contributed by atoms with Crippen molar-refractivity contribution in [2.75, 3.05) is 0 Å². The Morgan fingerprint density at radius 3 is 2.50 bits per heavy atom. The zero-order chi connectivity index (χ0) is 14.7. The number of ketones is 1. The molecule has 0 aliphatic heterocycles. The van der Waals surface area contributed by atoms with Gasteiger partial charge in [-0.3, -0.25) is 4.79 Å². The second-order valence-electron chi connectivity index (χ2n) is 4.65. The maximum absolute atomic E-state index is 12.1. The van der Waals surface area contributed by atoms with Crippen molar-refractivity contribution >= 4 is 22.8 Å². The summed E-state index contributed by atoms with van der Waals surface area (Å²) in [6.07, 6.45) is 3.24. The minimum atomic E-state index is -0.191. The fourth-order valence-electron chi connectivity index (χ4n) is 2.09. The van der Waals surface area contributed by atoms with Gasteiger partial charge in [-0.25, -0.2) is 4.98 Å². The number of phenols is 1. The van der Waals surface area contributed by atoms with Crippen molar-refractivity contribution in [3.05, 3.63) is 78.0 Å². The van der Waals surface area contributed by atoms with Gasteiger partial charge in [-0.15, -0.1) is 0 Å². The van der Waals surface area contributed by atoms with E-state index in [1.54, 1.807) is 30.3 Å². The first-order valence-corrected chi connectivity index (χ1v) is 6.60. The van der Waals surface area contributed by atoms with Crippen molar-refractivity contribution in [2.24, 2.45) is 0 Å². The van der Waals surface area contributed by atoms with E-state index in [4.69, 9.17) is 0 Å². The number of allylic oxidation sites excluding steroid dienone is 1. The van der Waals surface area contributed by atoms with Crippen LogP contribution in [0.3, 0.4) is 0 Å². The number of hydrogen-bond acceptors (Lipinski definition) is 3. The molecule has 2 aromatic carbocycles. The van der Waals surface area contributed by atoms with Gasteiger partial charge in [-0.1, -0.05) is 54.6 Å². The second-order valence-corrected chi connectivity index (χ2v) is 4.65. The Labute approximate surface area is 141 Å². The Kier molecular flexibility index (Phi) is 5.18. The van der Waals surface area contributed by atoms with Crippen LogP contribution in [0, 0.1) is 0 Å². The summed E-state index contributed by atoms with van der Waals surface area (Å²) < 4.78 is 0. The molecule has 3 aromatic rings.